The van der Waals surface area contributed by atoms with Crippen LogP contribution < -0.4 is 4.74 Å². The number of ether oxygens (including phenoxy) is 1. The van der Waals surface area contributed by atoms with Gasteiger partial charge in [-0.2, -0.15) is 0 Å². The molecule has 0 saturated heterocycles. The summed E-state index contributed by atoms with van der Waals surface area (Å²) < 4.78 is 7.82. The van der Waals surface area contributed by atoms with Gasteiger partial charge in [0, 0.05) is 12.4 Å². The SMILES string of the molecule is Cc1cc([C@H](C)O)ccc1OCCn1ccnc1C. The summed E-state index contributed by atoms with van der Waals surface area (Å²) in [5, 5.41) is 9.52. The minimum Gasteiger partial charge on any atom is -0.491 e. The third-order valence-electron chi connectivity index (χ3n) is 3.19. The molecule has 0 aliphatic heterocycles. The average Bonchev–Trinajstić information content (AvgIpc) is 2.77. The zero-order valence-electron chi connectivity index (χ0n) is 11.6. The first-order valence-electron chi connectivity index (χ1n) is 6.47. The lowest BCUT2D eigenvalue weighted by Crippen LogP contribution is -2.09. The summed E-state index contributed by atoms with van der Waals surface area (Å²) in [6.45, 7) is 7.11. The lowest BCUT2D eigenvalue weighted by Gasteiger charge is -2.12. The maximum absolute atomic E-state index is 9.52. The summed E-state index contributed by atoms with van der Waals surface area (Å²) in [5.74, 6) is 1.85. The molecule has 4 heteroatoms. The Hall–Kier alpha value is -1.81. The van der Waals surface area contributed by atoms with Gasteiger partial charge in [-0.1, -0.05) is 6.07 Å². The van der Waals surface area contributed by atoms with Gasteiger partial charge in [0.15, 0.2) is 0 Å². The molecule has 102 valence electrons. The van der Waals surface area contributed by atoms with Crippen LogP contribution in [0, 0.1) is 13.8 Å². The zero-order chi connectivity index (χ0) is 13.8. The van der Waals surface area contributed by atoms with Crippen molar-refractivity contribution in [3.05, 3.63) is 47.5 Å². The smallest absolute Gasteiger partial charge is 0.122 e. The predicted octanol–water partition coefficient (Wildman–Crippen LogP) is 2.63. The van der Waals surface area contributed by atoms with E-state index in [0.717, 1.165) is 29.2 Å². The molecule has 0 radical (unpaired) electrons. The Bertz CT molecular complexity index is 547. The lowest BCUT2D eigenvalue weighted by molar-refractivity contribution is 0.199. The van der Waals surface area contributed by atoms with E-state index in [4.69, 9.17) is 4.74 Å². The van der Waals surface area contributed by atoms with Crippen molar-refractivity contribution >= 4 is 0 Å². The molecule has 2 rings (SSSR count). The molecular weight excluding hydrogens is 240 g/mol. The molecule has 1 aromatic heterocycles. The first-order valence-corrected chi connectivity index (χ1v) is 6.47. The van der Waals surface area contributed by atoms with Crippen LogP contribution >= 0.6 is 0 Å². The standard InChI is InChI=1S/C15H20N2O2/c1-11-10-14(12(2)18)4-5-15(11)19-9-8-17-7-6-16-13(17)3/h4-7,10,12,18H,8-9H2,1-3H3/t12-/m0/s1. The summed E-state index contributed by atoms with van der Waals surface area (Å²) >= 11 is 0. The Morgan fingerprint density at radius 2 is 2.16 bits per heavy atom. The summed E-state index contributed by atoms with van der Waals surface area (Å²) in [5.41, 5.74) is 1.95. The third kappa shape index (κ3) is 3.35. The number of hydrogen-bond donors (Lipinski definition) is 1. The molecule has 0 bridgehead atoms. The van der Waals surface area contributed by atoms with Crippen LogP contribution in [-0.4, -0.2) is 21.3 Å². The van der Waals surface area contributed by atoms with E-state index in [9.17, 15) is 5.11 Å². The Morgan fingerprint density at radius 1 is 1.37 bits per heavy atom. The fourth-order valence-corrected chi connectivity index (χ4v) is 1.99. The van der Waals surface area contributed by atoms with Gasteiger partial charge in [0.05, 0.1) is 12.6 Å². The normalized spacial score (nSPS) is 12.4. The van der Waals surface area contributed by atoms with E-state index in [1.807, 2.05) is 38.2 Å². The van der Waals surface area contributed by atoms with Crippen LogP contribution in [0.2, 0.25) is 0 Å². The van der Waals surface area contributed by atoms with Crippen LogP contribution in [0.4, 0.5) is 0 Å². The molecule has 1 heterocycles. The van der Waals surface area contributed by atoms with Crippen LogP contribution in [0.25, 0.3) is 0 Å². The van der Waals surface area contributed by atoms with E-state index in [1.54, 1.807) is 13.1 Å². The van der Waals surface area contributed by atoms with Crippen molar-refractivity contribution in [2.75, 3.05) is 6.61 Å². The summed E-state index contributed by atoms with van der Waals surface area (Å²) in [6, 6.07) is 5.77. The summed E-state index contributed by atoms with van der Waals surface area (Å²) in [7, 11) is 0. The van der Waals surface area contributed by atoms with Gasteiger partial charge in [-0.05, 0) is 44.0 Å². The molecule has 0 amide bonds. The fourth-order valence-electron chi connectivity index (χ4n) is 1.99. The molecule has 1 N–H and O–H groups in total. The molecule has 1 aromatic carbocycles. The number of benzene rings is 1. The van der Waals surface area contributed by atoms with E-state index in [2.05, 4.69) is 9.55 Å². The molecule has 0 unspecified atom stereocenters. The highest BCUT2D eigenvalue weighted by Gasteiger charge is 2.05. The summed E-state index contributed by atoms with van der Waals surface area (Å²) in [4.78, 5) is 4.17. The second kappa shape index (κ2) is 5.89. The van der Waals surface area contributed by atoms with E-state index >= 15 is 0 Å². The van der Waals surface area contributed by atoms with Gasteiger partial charge in [0.1, 0.15) is 18.2 Å². The molecule has 0 aliphatic rings. The molecule has 0 fully saturated rings. The van der Waals surface area contributed by atoms with Crippen molar-refractivity contribution in [2.45, 2.75) is 33.4 Å². The van der Waals surface area contributed by atoms with Crippen molar-refractivity contribution in [1.82, 2.24) is 9.55 Å². The Morgan fingerprint density at radius 3 is 2.74 bits per heavy atom. The first kappa shape index (κ1) is 13.6. The number of aromatic nitrogens is 2. The monoisotopic (exact) mass is 260 g/mol. The van der Waals surface area contributed by atoms with Crippen molar-refractivity contribution < 1.29 is 9.84 Å². The molecule has 0 aliphatic carbocycles. The van der Waals surface area contributed by atoms with Crippen LogP contribution in [0.3, 0.4) is 0 Å². The third-order valence-corrected chi connectivity index (χ3v) is 3.19. The molecule has 4 nitrogen and oxygen atoms in total. The van der Waals surface area contributed by atoms with E-state index < -0.39 is 6.10 Å². The second-order valence-electron chi connectivity index (χ2n) is 4.72. The quantitative estimate of drug-likeness (QED) is 0.899. The van der Waals surface area contributed by atoms with Gasteiger partial charge < -0.3 is 14.4 Å². The number of imidazole rings is 1. The van der Waals surface area contributed by atoms with E-state index in [1.165, 1.54) is 0 Å². The highest BCUT2D eigenvalue weighted by molar-refractivity contribution is 5.36. The predicted molar refractivity (Wildman–Crippen MR) is 74.3 cm³/mol. The zero-order valence-corrected chi connectivity index (χ0v) is 11.6. The van der Waals surface area contributed by atoms with Crippen molar-refractivity contribution in [2.24, 2.45) is 0 Å². The number of rotatable bonds is 5. The van der Waals surface area contributed by atoms with E-state index in [-0.39, 0.29) is 0 Å². The minimum atomic E-state index is -0.443. The number of aliphatic hydroxyl groups is 1. The van der Waals surface area contributed by atoms with Gasteiger partial charge in [-0.3, -0.25) is 0 Å². The molecule has 2 aromatic rings. The number of nitrogens with zero attached hydrogens (tertiary/aromatic N) is 2. The van der Waals surface area contributed by atoms with Crippen LogP contribution in [0.5, 0.6) is 5.75 Å². The van der Waals surface area contributed by atoms with Crippen molar-refractivity contribution in [3.8, 4) is 5.75 Å². The number of aliphatic hydroxyl groups excluding tert-OH is 1. The Kier molecular flexibility index (Phi) is 4.22. The largest absolute Gasteiger partial charge is 0.491 e. The van der Waals surface area contributed by atoms with Gasteiger partial charge in [-0.25, -0.2) is 4.98 Å². The molecule has 19 heavy (non-hydrogen) atoms. The van der Waals surface area contributed by atoms with Gasteiger partial charge in [-0.15, -0.1) is 0 Å². The van der Waals surface area contributed by atoms with Gasteiger partial charge >= 0.3 is 0 Å². The second-order valence-corrected chi connectivity index (χ2v) is 4.72. The van der Waals surface area contributed by atoms with Crippen molar-refractivity contribution in [1.29, 1.82) is 0 Å². The lowest BCUT2D eigenvalue weighted by atomic mass is 10.1. The van der Waals surface area contributed by atoms with Gasteiger partial charge in [0.2, 0.25) is 0 Å². The van der Waals surface area contributed by atoms with Crippen LogP contribution in [-0.2, 0) is 6.54 Å². The van der Waals surface area contributed by atoms with E-state index in [0.29, 0.717) is 6.61 Å². The van der Waals surface area contributed by atoms with Crippen LogP contribution in [0.15, 0.2) is 30.6 Å². The molecular formula is C15H20N2O2. The Labute approximate surface area is 113 Å². The number of aryl methyl sites for hydroxylation is 2. The van der Waals surface area contributed by atoms with Gasteiger partial charge in [0.25, 0.3) is 0 Å². The minimum absolute atomic E-state index is 0.443. The molecule has 0 spiro atoms. The topological polar surface area (TPSA) is 47.3 Å². The first-order chi connectivity index (χ1) is 9.08. The molecule has 0 saturated carbocycles. The van der Waals surface area contributed by atoms with Crippen molar-refractivity contribution in [3.63, 3.8) is 0 Å². The highest BCUT2D eigenvalue weighted by atomic mass is 16.5. The van der Waals surface area contributed by atoms with Crippen LogP contribution in [0.1, 0.15) is 30.0 Å². The summed E-state index contributed by atoms with van der Waals surface area (Å²) in [6.07, 6.45) is 3.29. The maximum atomic E-state index is 9.52. The fraction of sp³-hybridized carbons (Fsp3) is 0.400. The average molecular weight is 260 g/mol. The highest BCUT2D eigenvalue weighted by Crippen LogP contribution is 2.22. The molecule has 1 atom stereocenters. The number of hydrogen-bond acceptors (Lipinski definition) is 3. The maximum Gasteiger partial charge on any atom is 0.122 e. The Balaban J connectivity index is 1.95.